The number of ether oxygens (including phenoxy) is 1. The first-order valence-corrected chi connectivity index (χ1v) is 14.5. The van der Waals surface area contributed by atoms with E-state index in [2.05, 4.69) is 47.5 Å². The maximum absolute atomic E-state index is 13.0. The van der Waals surface area contributed by atoms with Crippen LogP contribution < -0.4 is 0 Å². The highest BCUT2D eigenvalue weighted by Gasteiger charge is 2.71. The summed E-state index contributed by atoms with van der Waals surface area (Å²) in [4.78, 5) is 37.1. The molecule has 0 saturated heterocycles. The Morgan fingerprint density at radius 1 is 0.944 bits per heavy atom. The lowest BCUT2D eigenvalue weighted by Gasteiger charge is -2.72. The van der Waals surface area contributed by atoms with E-state index in [1.54, 1.807) is 0 Å². The van der Waals surface area contributed by atoms with E-state index in [1.165, 1.54) is 19.8 Å². The second-order valence-electron chi connectivity index (χ2n) is 14.7. The summed E-state index contributed by atoms with van der Waals surface area (Å²) in [5.74, 6) is 2.15. The SMILES string of the molecule is C=C(COC(C)=O)[C@@H]1CC[C@]2([C]=O)CC[C@]3(C)[C@H](CC[C@@H]4[C@@]5(C)CCC(=O)C(C)(C)[C@@H]5CC[C@]43C)[C@@H]12. The second kappa shape index (κ2) is 8.27. The highest BCUT2D eigenvalue weighted by atomic mass is 16.5. The summed E-state index contributed by atoms with van der Waals surface area (Å²) in [7, 11) is 0. The van der Waals surface area contributed by atoms with Crippen LogP contribution in [0.5, 0.6) is 0 Å². The molecule has 0 heterocycles. The molecular formula is C32H47O4. The van der Waals surface area contributed by atoms with Crippen LogP contribution in [0.15, 0.2) is 12.2 Å². The second-order valence-corrected chi connectivity index (χ2v) is 14.7. The van der Waals surface area contributed by atoms with Gasteiger partial charge < -0.3 is 4.74 Å². The van der Waals surface area contributed by atoms with E-state index in [4.69, 9.17) is 4.74 Å². The number of carbonyl (C=O) groups excluding carboxylic acids is 3. The molecule has 5 aliphatic rings. The first-order chi connectivity index (χ1) is 16.8. The first-order valence-electron chi connectivity index (χ1n) is 14.5. The first kappa shape index (κ1) is 26.2. The van der Waals surface area contributed by atoms with E-state index >= 15 is 0 Å². The Morgan fingerprint density at radius 2 is 1.67 bits per heavy atom. The van der Waals surface area contributed by atoms with Crippen LogP contribution in [0.2, 0.25) is 0 Å². The van der Waals surface area contributed by atoms with Crippen molar-refractivity contribution >= 4 is 18.0 Å². The van der Waals surface area contributed by atoms with Crippen LogP contribution in [0.4, 0.5) is 0 Å². The number of esters is 1. The molecule has 36 heavy (non-hydrogen) atoms. The largest absolute Gasteiger partial charge is 0.461 e. The minimum Gasteiger partial charge on any atom is -0.461 e. The smallest absolute Gasteiger partial charge is 0.302 e. The van der Waals surface area contributed by atoms with Crippen LogP contribution >= 0.6 is 0 Å². The molecular weight excluding hydrogens is 448 g/mol. The third-order valence-electron chi connectivity index (χ3n) is 13.4. The Balaban J connectivity index is 1.51. The molecule has 4 heteroatoms. The highest BCUT2D eigenvalue weighted by molar-refractivity contribution is 5.85. The summed E-state index contributed by atoms with van der Waals surface area (Å²) >= 11 is 0. The molecule has 9 atom stereocenters. The van der Waals surface area contributed by atoms with Crippen molar-refractivity contribution < 1.29 is 19.1 Å². The van der Waals surface area contributed by atoms with E-state index < -0.39 is 0 Å². The molecule has 0 aromatic rings. The van der Waals surface area contributed by atoms with Crippen LogP contribution in [0, 0.1) is 56.7 Å². The van der Waals surface area contributed by atoms with Gasteiger partial charge in [-0.25, -0.2) is 0 Å². The molecule has 0 spiro atoms. The lowest BCUT2D eigenvalue weighted by molar-refractivity contribution is -0.229. The maximum atomic E-state index is 13.0. The van der Waals surface area contributed by atoms with Gasteiger partial charge in [0.05, 0.1) is 0 Å². The zero-order valence-corrected chi connectivity index (χ0v) is 23.5. The van der Waals surface area contributed by atoms with Crippen LogP contribution in [-0.2, 0) is 19.1 Å². The Labute approximate surface area is 218 Å². The van der Waals surface area contributed by atoms with Crippen molar-refractivity contribution in [1.82, 2.24) is 0 Å². The number of rotatable bonds is 4. The molecule has 5 fully saturated rings. The number of ketones is 1. The molecule has 0 amide bonds. The summed E-state index contributed by atoms with van der Waals surface area (Å²) in [6, 6.07) is 0. The van der Waals surface area contributed by atoms with Crippen molar-refractivity contribution in [3.05, 3.63) is 12.2 Å². The normalized spacial score (nSPS) is 49.2. The van der Waals surface area contributed by atoms with Crippen LogP contribution in [0.1, 0.15) is 106 Å². The maximum Gasteiger partial charge on any atom is 0.302 e. The van der Waals surface area contributed by atoms with Gasteiger partial charge in [0, 0.05) is 24.2 Å². The zero-order valence-electron chi connectivity index (χ0n) is 23.5. The van der Waals surface area contributed by atoms with Crippen molar-refractivity contribution in [2.45, 2.75) is 106 Å². The number of hydrogen-bond donors (Lipinski definition) is 0. The van der Waals surface area contributed by atoms with Crippen molar-refractivity contribution in [1.29, 1.82) is 0 Å². The molecule has 0 unspecified atom stereocenters. The zero-order chi connectivity index (χ0) is 26.3. The Kier molecular flexibility index (Phi) is 6.01. The number of carbonyl (C=O) groups is 2. The van der Waals surface area contributed by atoms with Gasteiger partial charge in [-0.1, -0.05) is 41.2 Å². The fourth-order valence-electron chi connectivity index (χ4n) is 11.3. The fourth-order valence-corrected chi connectivity index (χ4v) is 11.3. The van der Waals surface area contributed by atoms with Gasteiger partial charge in [-0.05, 0) is 109 Å². The van der Waals surface area contributed by atoms with E-state index in [9.17, 15) is 14.4 Å². The van der Waals surface area contributed by atoms with Crippen molar-refractivity contribution in [3.8, 4) is 0 Å². The summed E-state index contributed by atoms with van der Waals surface area (Å²) in [5, 5.41) is 0. The molecule has 5 saturated carbocycles. The Morgan fingerprint density at radius 3 is 2.33 bits per heavy atom. The minimum absolute atomic E-state index is 0.144. The van der Waals surface area contributed by atoms with Crippen molar-refractivity contribution in [2.75, 3.05) is 6.61 Å². The van der Waals surface area contributed by atoms with Gasteiger partial charge in [-0.15, -0.1) is 0 Å². The third kappa shape index (κ3) is 3.27. The van der Waals surface area contributed by atoms with Gasteiger partial charge in [-0.3, -0.25) is 14.4 Å². The lowest BCUT2D eigenvalue weighted by atomic mass is 9.32. The van der Waals surface area contributed by atoms with Gasteiger partial charge in [0.25, 0.3) is 0 Å². The highest BCUT2D eigenvalue weighted by Crippen LogP contribution is 2.77. The predicted octanol–water partition coefficient (Wildman–Crippen LogP) is 6.87. The van der Waals surface area contributed by atoms with Crippen molar-refractivity contribution in [3.63, 3.8) is 0 Å². The monoisotopic (exact) mass is 495 g/mol. The fraction of sp³-hybridized carbons (Fsp3) is 0.844. The van der Waals surface area contributed by atoms with Gasteiger partial charge in [0.1, 0.15) is 12.4 Å². The number of Topliss-reactive ketones (excluding diaryl/α,β-unsaturated/α-hetero) is 1. The van der Waals surface area contributed by atoms with Gasteiger partial charge >= 0.3 is 5.97 Å². The quantitative estimate of drug-likeness (QED) is 0.315. The van der Waals surface area contributed by atoms with Gasteiger partial charge in [0.2, 0.25) is 6.29 Å². The van der Waals surface area contributed by atoms with Crippen molar-refractivity contribution in [2.24, 2.45) is 56.7 Å². The summed E-state index contributed by atoms with van der Waals surface area (Å²) in [6.45, 7) is 18.1. The molecule has 0 aromatic heterocycles. The Hall–Kier alpha value is -1.45. The van der Waals surface area contributed by atoms with Gasteiger partial charge in [-0.2, -0.15) is 0 Å². The van der Waals surface area contributed by atoms with Crippen LogP contribution in [-0.4, -0.2) is 24.6 Å². The average molecular weight is 496 g/mol. The molecule has 5 aliphatic carbocycles. The average Bonchev–Trinajstić information content (AvgIpc) is 3.21. The van der Waals surface area contributed by atoms with Crippen LogP contribution in [0.25, 0.3) is 0 Å². The topological polar surface area (TPSA) is 60.4 Å². The van der Waals surface area contributed by atoms with E-state index in [1.807, 2.05) is 0 Å². The summed E-state index contributed by atoms with van der Waals surface area (Å²) in [6.07, 6.45) is 12.8. The number of hydrogen-bond acceptors (Lipinski definition) is 4. The number of fused-ring (bicyclic) bond motifs is 7. The van der Waals surface area contributed by atoms with Gasteiger partial charge in [0.15, 0.2) is 0 Å². The molecule has 0 bridgehead atoms. The third-order valence-corrected chi connectivity index (χ3v) is 13.4. The van der Waals surface area contributed by atoms with Crippen LogP contribution in [0.3, 0.4) is 0 Å². The lowest BCUT2D eigenvalue weighted by Crippen LogP contribution is -2.66. The summed E-state index contributed by atoms with van der Waals surface area (Å²) in [5.41, 5.74) is 0.898. The van der Waals surface area contributed by atoms with E-state index in [0.717, 1.165) is 56.9 Å². The molecule has 4 nitrogen and oxygen atoms in total. The van der Waals surface area contributed by atoms with E-state index in [-0.39, 0.29) is 51.5 Å². The molecule has 199 valence electrons. The van der Waals surface area contributed by atoms with E-state index in [0.29, 0.717) is 23.5 Å². The summed E-state index contributed by atoms with van der Waals surface area (Å²) < 4.78 is 5.37. The molecule has 0 aliphatic heterocycles. The predicted molar refractivity (Wildman–Crippen MR) is 141 cm³/mol. The standard InChI is InChI=1S/C32H47O4/c1-20(18-36-21(2)34)22-10-15-32(19-33)17-16-30(6)23(27(22)32)8-9-25-29(5)13-12-26(35)28(3,4)24(29)11-14-31(25,30)7/h22-25,27H,1,8-18H2,2-7H3/t22-,23+,24-,25+,27+,29-,30+,31+,32+/m0/s1. The molecule has 1 radical (unpaired) electrons. The Bertz CT molecular complexity index is 981. The molecule has 5 rings (SSSR count). The minimum atomic E-state index is -0.377. The molecule has 0 aromatic carbocycles. The molecule has 0 N–H and O–H groups in total.